The normalized spacial score (nSPS) is 7.22. The van der Waals surface area contributed by atoms with E-state index >= 15 is 0 Å². The molecule has 1 aromatic rings. The molecule has 0 N–H and O–H groups in total. The number of aryl methyl sites for hydroxylation is 1. The van der Waals surface area contributed by atoms with Crippen LogP contribution >= 0.6 is 0 Å². The molecule has 0 aliphatic heterocycles. The van der Waals surface area contributed by atoms with Gasteiger partial charge in [0.05, 0.1) is 0 Å². The average molecular weight is 230 g/mol. The molecule has 1 radical (unpaired) electrons. The second kappa shape index (κ2) is 5.97. The fraction of sp³-hybridized carbons (Fsp3) is 0.143. The SMILES string of the molecule is Cc1ccccc1.[O]=[Sb]. The zero-order valence-corrected chi connectivity index (χ0v) is 7.79. The summed E-state index contributed by atoms with van der Waals surface area (Å²) >= 11 is 0.500. The molecule has 47 valence electrons. The first-order valence-electron chi connectivity index (χ1n) is 2.59. The Morgan fingerprint density at radius 3 is 1.78 bits per heavy atom. The number of hydrogen-bond donors (Lipinski definition) is 0. The van der Waals surface area contributed by atoms with Crippen molar-refractivity contribution in [2.24, 2.45) is 0 Å². The molecular weight excluding hydrogens is 222 g/mol. The summed E-state index contributed by atoms with van der Waals surface area (Å²) in [7, 11) is 0. The van der Waals surface area contributed by atoms with Crippen LogP contribution in [0.3, 0.4) is 0 Å². The van der Waals surface area contributed by atoms with Crippen LogP contribution in [0.5, 0.6) is 0 Å². The van der Waals surface area contributed by atoms with Gasteiger partial charge in [0.25, 0.3) is 0 Å². The Hall–Kier alpha value is -0.162. The Morgan fingerprint density at radius 2 is 1.56 bits per heavy atom. The summed E-state index contributed by atoms with van der Waals surface area (Å²) in [6, 6.07) is 10.3. The van der Waals surface area contributed by atoms with E-state index in [0.29, 0.717) is 23.0 Å². The van der Waals surface area contributed by atoms with Crippen LogP contribution in [0.1, 0.15) is 5.56 Å². The molecular formula is C7H8OSb. The molecule has 0 fully saturated rings. The van der Waals surface area contributed by atoms with Crippen molar-refractivity contribution >= 4 is 23.0 Å². The fourth-order valence-corrected chi connectivity index (χ4v) is 0.534. The van der Waals surface area contributed by atoms with Crippen molar-refractivity contribution in [3.05, 3.63) is 35.9 Å². The van der Waals surface area contributed by atoms with Crippen molar-refractivity contribution in [2.45, 2.75) is 6.92 Å². The third kappa shape index (κ3) is 4.35. The predicted molar refractivity (Wildman–Crippen MR) is 37.6 cm³/mol. The van der Waals surface area contributed by atoms with E-state index in [1.54, 1.807) is 0 Å². The first kappa shape index (κ1) is 8.84. The Bertz CT molecular complexity index is 150. The van der Waals surface area contributed by atoms with Crippen LogP contribution < -0.4 is 0 Å². The zero-order chi connectivity index (χ0) is 7.11. The summed E-state index contributed by atoms with van der Waals surface area (Å²) in [6.07, 6.45) is 0. The van der Waals surface area contributed by atoms with Gasteiger partial charge < -0.3 is 0 Å². The van der Waals surface area contributed by atoms with E-state index in [0.717, 1.165) is 0 Å². The van der Waals surface area contributed by atoms with Crippen molar-refractivity contribution in [3.63, 3.8) is 0 Å². The minimum absolute atomic E-state index is 0.500. The third-order valence-corrected chi connectivity index (χ3v) is 0.940. The minimum atomic E-state index is 0.500. The summed E-state index contributed by atoms with van der Waals surface area (Å²) in [5, 5.41) is 0. The van der Waals surface area contributed by atoms with E-state index < -0.39 is 0 Å². The van der Waals surface area contributed by atoms with Crippen molar-refractivity contribution in [3.8, 4) is 0 Å². The van der Waals surface area contributed by atoms with E-state index in [9.17, 15) is 0 Å². The van der Waals surface area contributed by atoms with E-state index in [1.807, 2.05) is 18.2 Å². The Balaban J connectivity index is 0.000000291. The molecule has 1 aromatic carbocycles. The summed E-state index contributed by atoms with van der Waals surface area (Å²) in [6.45, 7) is 2.08. The molecule has 2 heteroatoms. The van der Waals surface area contributed by atoms with Crippen LogP contribution in [0.2, 0.25) is 0 Å². The van der Waals surface area contributed by atoms with Crippen molar-refractivity contribution in [1.82, 2.24) is 0 Å². The molecule has 0 aliphatic rings. The van der Waals surface area contributed by atoms with Crippen LogP contribution in [0.4, 0.5) is 0 Å². The van der Waals surface area contributed by atoms with Gasteiger partial charge in [0.2, 0.25) is 0 Å². The van der Waals surface area contributed by atoms with Crippen LogP contribution in [0.15, 0.2) is 30.3 Å². The quantitative estimate of drug-likeness (QED) is 0.617. The van der Waals surface area contributed by atoms with Crippen LogP contribution in [0, 0.1) is 6.92 Å². The number of rotatable bonds is 0. The van der Waals surface area contributed by atoms with Gasteiger partial charge in [-0.2, -0.15) is 0 Å². The van der Waals surface area contributed by atoms with Gasteiger partial charge >= 0.3 is 26.0 Å². The molecule has 0 saturated carbocycles. The summed E-state index contributed by atoms with van der Waals surface area (Å²) < 4.78 is 8.30. The molecule has 0 heterocycles. The van der Waals surface area contributed by atoms with Crippen molar-refractivity contribution < 1.29 is 3.02 Å². The summed E-state index contributed by atoms with van der Waals surface area (Å²) in [4.78, 5) is 0. The molecule has 0 unspecified atom stereocenters. The maximum absolute atomic E-state index is 8.30. The van der Waals surface area contributed by atoms with Gasteiger partial charge in [-0.3, -0.25) is 0 Å². The van der Waals surface area contributed by atoms with Crippen molar-refractivity contribution in [2.75, 3.05) is 0 Å². The van der Waals surface area contributed by atoms with E-state index in [1.165, 1.54) is 5.56 Å². The van der Waals surface area contributed by atoms with Crippen molar-refractivity contribution in [1.29, 1.82) is 0 Å². The molecule has 0 atom stereocenters. The third-order valence-electron chi connectivity index (χ3n) is 0.940. The maximum atomic E-state index is 8.30. The average Bonchev–Trinajstić information content (AvgIpc) is 1.94. The summed E-state index contributed by atoms with van der Waals surface area (Å²) in [5.74, 6) is 0. The van der Waals surface area contributed by atoms with E-state index in [2.05, 4.69) is 19.1 Å². The molecule has 0 saturated heterocycles. The van der Waals surface area contributed by atoms with Crippen LogP contribution in [-0.4, -0.2) is 23.0 Å². The zero-order valence-electron chi connectivity index (χ0n) is 5.24. The molecule has 0 aliphatic carbocycles. The first-order valence-corrected chi connectivity index (χ1v) is 3.64. The Labute approximate surface area is 69.0 Å². The van der Waals surface area contributed by atoms with Gasteiger partial charge in [0.15, 0.2) is 0 Å². The number of hydrogen-bond acceptors (Lipinski definition) is 1. The molecule has 9 heavy (non-hydrogen) atoms. The van der Waals surface area contributed by atoms with Gasteiger partial charge in [0, 0.05) is 0 Å². The molecule has 0 bridgehead atoms. The van der Waals surface area contributed by atoms with Gasteiger partial charge in [-0.25, -0.2) is 0 Å². The van der Waals surface area contributed by atoms with Gasteiger partial charge in [-0.1, -0.05) is 35.9 Å². The van der Waals surface area contributed by atoms with E-state index in [-0.39, 0.29) is 0 Å². The second-order valence-corrected chi connectivity index (χ2v) is 1.65. The Kier molecular flexibility index (Phi) is 5.86. The topological polar surface area (TPSA) is 17.1 Å². The van der Waals surface area contributed by atoms with Gasteiger partial charge in [-0.05, 0) is 6.92 Å². The molecule has 0 aromatic heterocycles. The molecule has 0 amide bonds. The first-order chi connectivity index (χ1) is 4.39. The van der Waals surface area contributed by atoms with Gasteiger partial charge in [0.1, 0.15) is 0 Å². The predicted octanol–water partition coefficient (Wildman–Crippen LogP) is 1.50. The monoisotopic (exact) mass is 229 g/mol. The molecule has 1 nitrogen and oxygen atoms in total. The molecule has 1 rings (SSSR count). The number of benzene rings is 1. The van der Waals surface area contributed by atoms with Crippen LogP contribution in [0.25, 0.3) is 0 Å². The van der Waals surface area contributed by atoms with E-state index in [4.69, 9.17) is 3.02 Å². The second-order valence-electron chi connectivity index (χ2n) is 1.65. The fourth-order valence-electron chi connectivity index (χ4n) is 0.534. The van der Waals surface area contributed by atoms with Gasteiger partial charge in [-0.15, -0.1) is 0 Å². The van der Waals surface area contributed by atoms with Crippen LogP contribution in [-0.2, 0) is 3.02 Å². The summed E-state index contributed by atoms with van der Waals surface area (Å²) in [5.41, 5.74) is 1.32. The standard InChI is InChI=1S/C7H8.O.Sb/c1-7-5-3-2-4-6-7;;/h2-6H,1H3;;. The molecule has 0 spiro atoms. The Morgan fingerprint density at radius 1 is 1.11 bits per heavy atom.